The molecule has 0 aliphatic heterocycles. The van der Waals surface area contributed by atoms with Crippen molar-refractivity contribution in [2.45, 2.75) is 0 Å². The Hall–Kier alpha value is -2.82. The Morgan fingerprint density at radius 2 is 1.95 bits per heavy atom. The van der Waals surface area contributed by atoms with E-state index < -0.39 is 11.7 Å². The summed E-state index contributed by atoms with van der Waals surface area (Å²) in [5.41, 5.74) is 7.05. The van der Waals surface area contributed by atoms with Gasteiger partial charge in [-0.25, -0.2) is 4.39 Å². The highest BCUT2D eigenvalue weighted by Gasteiger charge is 2.18. The lowest BCUT2D eigenvalue weighted by Gasteiger charge is -2.03. The number of hydrogen-bond acceptors (Lipinski definition) is 3. The van der Waals surface area contributed by atoms with Crippen LogP contribution in [0.4, 0.5) is 15.8 Å². The SMILES string of the molecule is Nc1c(C(=O)Nc2cccc(F)c2)oc2ccccc12. The number of fused-ring (bicyclic) bond motifs is 1. The van der Waals surface area contributed by atoms with Crippen LogP contribution < -0.4 is 11.1 Å². The van der Waals surface area contributed by atoms with E-state index in [2.05, 4.69) is 5.32 Å². The monoisotopic (exact) mass is 270 g/mol. The zero-order valence-corrected chi connectivity index (χ0v) is 10.4. The summed E-state index contributed by atoms with van der Waals surface area (Å²) in [6, 6.07) is 12.7. The van der Waals surface area contributed by atoms with E-state index in [0.717, 1.165) is 0 Å². The zero-order chi connectivity index (χ0) is 14.1. The molecule has 3 rings (SSSR count). The summed E-state index contributed by atoms with van der Waals surface area (Å²) in [5.74, 6) is -0.917. The number of nitrogen functional groups attached to an aromatic ring is 1. The van der Waals surface area contributed by atoms with Gasteiger partial charge in [0.05, 0.1) is 5.69 Å². The average molecular weight is 270 g/mol. The van der Waals surface area contributed by atoms with Gasteiger partial charge in [0.2, 0.25) is 5.76 Å². The van der Waals surface area contributed by atoms with Gasteiger partial charge in [0.15, 0.2) is 0 Å². The largest absolute Gasteiger partial charge is 0.449 e. The number of benzene rings is 2. The number of anilines is 2. The minimum atomic E-state index is -0.510. The molecule has 1 heterocycles. The Morgan fingerprint density at radius 3 is 2.70 bits per heavy atom. The van der Waals surface area contributed by atoms with Gasteiger partial charge in [0.1, 0.15) is 11.4 Å². The third-order valence-electron chi connectivity index (χ3n) is 2.92. The molecule has 0 fully saturated rings. The number of halogens is 1. The lowest BCUT2D eigenvalue weighted by Crippen LogP contribution is -2.12. The van der Waals surface area contributed by atoms with Gasteiger partial charge >= 0.3 is 0 Å². The van der Waals surface area contributed by atoms with Crippen molar-refractivity contribution in [1.82, 2.24) is 0 Å². The van der Waals surface area contributed by atoms with Crippen LogP contribution in [0, 0.1) is 5.82 Å². The molecule has 4 nitrogen and oxygen atoms in total. The fraction of sp³-hybridized carbons (Fsp3) is 0. The number of rotatable bonds is 2. The Bertz CT molecular complexity index is 795. The molecule has 0 saturated heterocycles. The highest BCUT2D eigenvalue weighted by atomic mass is 19.1. The first kappa shape index (κ1) is 12.2. The van der Waals surface area contributed by atoms with Crippen molar-refractivity contribution < 1.29 is 13.6 Å². The third-order valence-corrected chi connectivity index (χ3v) is 2.92. The Balaban J connectivity index is 1.95. The van der Waals surface area contributed by atoms with Crippen LogP contribution in [0.1, 0.15) is 10.6 Å². The molecular weight excluding hydrogens is 259 g/mol. The van der Waals surface area contributed by atoms with E-state index in [9.17, 15) is 9.18 Å². The summed E-state index contributed by atoms with van der Waals surface area (Å²) in [6.45, 7) is 0. The second-order valence-electron chi connectivity index (χ2n) is 4.31. The normalized spacial score (nSPS) is 10.7. The van der Waals surface area contributed by atoms with E-state index >= 15 is 0 Å². The van der Waals surface area contributed by atoms with Gasteiger partial charge in [-0.2, -0.15) is 0 Å². The number of nitrogens with one attached hydrogen (secondary N) is 1. The summed E-state index contributed by atoms with van der Waals surface area (Å²) >= 11 is 0. The molecule has 0 aliphatic rings. The van der Waals surface area contributed by atoms with E-state index in [0.29, 0.717) is 16.7 Å². The van der Waals surface area contributed by atoms with Crippen LogP contribution >= 0.6 is 0 Å². The molecule has 0 saturated carbocycles. The number of carbonyl (C=O) groups is 1. The van der Waals surface area contributed by atoms with Crippen LogP contribution in [-0.2, 0) is 0 Å². The number of carbonyl (C=O) groups excluding carboxylic acids is 1. The van der Waals surface area contributed by atoms with Crippen molar-refractivity contribution in [3.05, 3.63) is 60.1 Å². The van der Waals surface area contributed by atoms with E-state index in [4.69, 9.17) is 10.2 Å². The molecule has 0 aliphatic carbocycles. The lowest BCUT2D eigenvalue weighted by molar-refractivity contribution is 0.1000. The quantitative estimate of drug-likeness (QED) is 0.749. The average Bonchev–Trinajstić information content (AvgIpc) is 2.77. The molecule has 20 heavy (non-hydrogen) atoms. The summed E-state index contributed by atoms with van der Waals surface area (Å²) in [4.78, 5) is 12.1. The molecule has 0 atom stereocenters. The molecule has 1 amide bonds. The molecule has 2 aromatic carbocycles. The van der Waals surface area contributed by atoms with Gasteiger partial charge in [-0.05, 0) is 30.3 Å². The molecule has 0 spiro atoms. The first-order valence-corrected chi connectivity index (χ1v) is 5.99. The van der Waals surface area contributed by atoms with Crippen LogP contribution in [-0.4, -0.2) is 5.91 Å². The molecular formula is C15H11FN2O2. The first-order chi connectivity index (χ1) is 9.65. The summed E-state index contributed by atoms with van der Waals surface area (Å²) in [5, 5.41) is 3.23. The Morgan fingerprint density at radius 1 is 1.15 bits per heavy atom. The van der Waals surface area contributed by atoms with Crippen LogP contribution in [0.2, 0.25) is 0 Å². The first-order valence-electron chi connectivity index (χ1n) is 5.99. The van der Waals surface area contributed by atoms with Crippen LogP contribution in [0.15, 0.2) is 52.9 Å². The Kier molecular flexibility index (Phi) is 2.87. The van der Waals surface area contributed by atoms with Crippen LogP contribution in [0.25, 0.3) is 11.0 Å². The predicted molar refractivity (Wildman–Crippen MR) is 75.0 cm³/mol. The molecule has 3 N–H and O–H groups in total. The van der Waals surface area contributed by atoms with Gasteiger partial charge < -0.3 is 15.5 Å². The standard InChI is InChI=1S/C15H11FN2O2/c16-9-4-3-5-10(8-9)18-15(19)14-13(17)11-6-1-2-7-12(11)20-14/h1-8H,17H2,(H,18,19). The van der Waals surface area contributed by atoms with Crippen molar-refractivity contribution >= 4 is 28.3 Å². The maximum Gasteiger partial charge on any atom is 0.293 e. The van der Waals surface area contributed by atoms with Crippen molar-refractivity contribution in [3.8, 4) is 0 Å². The number of hydrogen-bond donors (Lipinski definition) is 2. The fourth-order valence-electron chi connectivity index (χ4n) is 1.99. The topological polar surface area (TPSA) is 68.3 Å². The van der Waals surface area contributed by atoms with E-state index in [-0.39, 0.29) is 11.4 Å². The summed E-state index contributed by atoms with van der Waals surface area (Å²) in [7, 11) is 0. The third kappa shape index (κ3) is 2.09. The highest BCUT2D eigenvalue weighted by molar-refractivity contribution is 6.10. The van der Waals surface area contributed by atoms with Gasteiger partial charge in [-0.1, -0.05) is 18.2 Å². The molecule has 100 valence electrons. The maximum absolute atomic E-state index is 13.1. The minimum Gasteiger partial charge on any atom is -0.449 e. The molecule has 1 aromatic heterocycles. The van der Waals surface area contributed by atoms with Crippen molar-refractivity contribution in [2.24, 2.45) is 0 Å². The van der Waals surface area contributed by atoms with E-state index in [1.807, 2.05) is 6.07 Å². The van der Waals surface area contributed by atoms with Crippen LogP contribution in [0.5, 0.6) is 0 Å². The molecule has 5 heteroatoms. The fourth-order valence-corrected chi connectivity index (χ4v) is 1.99. The summed E-state index contributed by atoms with van der Waals surface area (Å²) in [6.07, 6.45) is 0. The predicted octanol–water partition coefficient (Wildman–Crippen LogP) is 3.41. The molecule has 3 aromatic rings. The van der Waals surface area contributed by atoms with E-state index in [1.54, 1.807) is 24.3 Å². The zero-order valence-electron chi connectivity index (χ0n) is 10.4. The van der Waals surface area contributed by atoms with Crippen molar-refractivity contribution in [3.63, 3.8) is 0 Å². The van der Waals surface area contributed by atoms with E-state index in [1.165, 1.54) is 18.2 Å². The van der Waals surface area contributed by atoms with Gasteiger partial charge in [-0.3, -0.25) is 4.79 Å². The minimum absolute atomic E-state index is 0.0236. The smallest absolute Gasteiger partial charge is 0.293 e. The lowest BCUT2D eigenvalue weighted by atomic mass is 10.2. The Labute approximate surface area is 114 Å². The van der Waals surface area contributed by atoms with Crippen molar-refractivity contribution in [2.75, 3.05) is 11.1 Å². The number of amides is 1. The van der Waals surface area contributed by atoms with Gasteiger partial charge in [0, 0.05) is 11.1 Å². The van der Waals surface area contributed by atoms with Gasteiger partial charge in [0.25, 0.3) is 5.91 Å². The molecule has 0 bridgehead atoms. The molecule has 0 radical (unpaired) electrons. The van der Waals surface area contributed by atoms with Crippen molar-refractivity contribution in [1.29, 1.82) is 0 Å². The number of para-hydroxylation sites is 1. The second kappa shape index (κ2) is 4.70. The molecule has 0 unspecified atom stereocenters. The second-order valence-corrected chi connectivity index (χ2v) is 4.31. The van der Waals surface area contributed by atoms with Gasteiger partial charge in [-0.15, -0.1) is 0 Å². The number of furan rings is 1. The van der Waals surface area contributed by atoms with Crippen LogP contribution in [0.3, 0.4) is 0 Å². The summed E-state index contributed by atoms with van der Waals surface area (Å²) < 4.78 is 18.5. The maximum atomic E-state index is 13.1. The highest BCUT2D eigenvalue weighted by Crippen LogP contribution is 2.28. The number of nitrogens with two attached hydrogens (primary N) is 1.